The number of fused-ring (bicyclic) bond motifs is 1. The lowest BCUT2D eigenvalue weighted by atomic mass is 9.71. The molecule has 0 aliphatic rings. The Labute approximate surface area is 326 Å². The van der Waals surface area contributed by atoms with Crippen molar-refractivity contribution in [1.29, 1.82) is 0 Å². The van der Waals surface area contributed by atoms with Crippen molar-refractivity contribution < 1.29 is 39.9 Å². The van der Waals surface area contributed by atoms with E-state index in [9.17, 15) is 35.1 Å². The number of nitrogens with zero attached hydrogens (tertiary/aromatic N) is 1. The smallest absolute Gasteiger partial charge is 0.406 e. The molecule has 0 amide bonds. The van der Waals surface area contributed by atoms with E-state index in [1.54, 1.807) is 47.6 Å². The number of aromatic nitrogens is 2. The number of nitrogens with one attached hydrogen (secondary N) is 1. The van der Waals surface area contributed by atoms with Gasteiger partial charge in [0, 0.05) is 34.8 Å². The third-order valence-corrected chi connectivity index (χ3v) is 10.5. The fraction of sp³-hybridized carbons (Fsp3) is 0.405. The van der Waals surface area contributed by atoms with E-state index in [0.29, 0.717) is 28.1 Å². The molecule has 56 heavy (non-hydrogen) atoms. The van der Waals surface area contributed by atoms with Crippen molar-refractivity contribution in [3.05, 3.63) is 129 Å². The second kappa shape index (κ2) is 16.3. The summed E-state index contributed by atoms with van der Waals surface area (Å²) in [6.45, 7) is 10.1. The van der Waals surface area contributed by atoms with Gasteiger partial charge in [-0.1, -0.05) is 63.6 Å². The SMILES string of the molecule is COc1ccc(F)cc1C(C)(C)CC(N)(Cc1ccnc(Cl)c1)C(F)(F)F.Cc1ccc(F)cc1C(C)(C)CC(N)(Cc1[nH]c2ccccc2c1C)C(F)(F)F. The van der Waals surface area contributed by atoms with Crippen LogP contribution in [0.5, 0.6) is 5.75 Å². The van der Waals surface area contributed by atoms with Gasteiger partial charge in [-0.25, -0.2) is 13.8 Å². The summed E-state index contributed by atoms with van der Waals surface area (Å²) in [6.07, 6.45) is -9.72. The molecule has 0 bridgehead atoms. The van der Waals surface area contributed by atoms with Crippen LogP contribution in [-0.2, 0) is 23.7 Å². The van der Waals surface area contributed by atoms with Crippen LogP contribution in [0.3, 0.4) is 0 Å². The highest BCUT2D eigenvalue weighted by atomic mass is 35.5. The molecule has 2 atom stereocenters. The maximum Gasteiger partial charge on any atom is 0.406 e. The van der Waals surface area contributed by atoms with Crippen molar-refractivity contribution in [1.82, 2.24) is 9.97 Å². The summed E-state index contributed by atoms with van der Waals surface area (Å²) < 4.78 is 117. The quantitative estimate of drug-likeness (QED) is 0.0915. The summed E-state index contributed by atoms with van der Waals surface area (Å²) in [7, 11) is 1.38. The highest BCUT2D eigenvalue weighted by Gasteiger charge is 2.55. The van der Waals surface area contributed by atoms with Crippen LogP contribution in [0.25, 0.3) is 10.9 Å². The molecule has 0 fully saturated rings. The number of aryl methyl sites for hydroxylation is 2. The van der Waals surface area contributed by atoms with Gasteiger partial charge in [0.05, 0.1) is 7.11 Å². The van der Waals surface area contributed by atoms with Crippen LogP contribution in [0.4, 0.5) is 35.1 Å². The van der Waals surface area contributed by atoms with E-state index in [2.05, 4.69) is 9.97 Å². The van der Waals surface area contributed by atoms with Gasteiger partial charge in [-0.15, -0.1) is 0 Å². The van der Waals surface area contributed by atoms with Gasteiger partial charge in [0.15, 0.2) is 0 Å². The van der Waals surface area contributed by atoms with Gasteiger partial charge in [-0.2, -0.15) is 26.3 Å². The molecule has 0 saturated carbocycles. The van der Waals surface area contributed by atoms with Gasteiger partial charge in [0.1, 0.15) is 33.6 Å². The number of alkyl halides is 6. The molecule has 5 rings (SSSR count). The van der Waals surface area contributed by atoms with Crippen LogP contribution in [-0.4, -0.2) is 40.5 Å². The zero-order valence-electron chi connectivity index (χ0n) is 32.2. The molecule has 0 spiro atoms. The van der Waals surface area contributed by atoms with Crippen LogP contribution >= 0.6 is 11.6 Å². The number of hydrogen-bond acceptors (Lipinski definition) is 4. The zero-order valence-corrected chi connectivity index (χ0v) is 33.0. The summed E-state index contributed by atoms with van der Waals surface area (Å²) in [4.78, 5) is 6.87. The molecule has 0 radical (unpaired) electrons. The molecular weight excluding hydrogens is 764 g/mol. The Morgan fingerprint density at radius 2 is 1.25 bits per heavy atom. The molecule has 2 aromatic heterocycles. The minimum Gasteiger partial charge on any atom is -0.496 e. The van der Waals surface area contributed by atoms with E-state index in [1.165, 1.54) is 55.8 Å². The van der Waals surface area contributed by atoms with Crippen molar-refractivity contribution in [3.63, 3.8) is 0 Å². The topological polar surface area (TPSA) is 89.9 Å². The van der Waals surface area contributed by atoms with E-state index >= 15 is 0 Å². The first-order chi connectivity index (χ1) is 25.7. The number of rotatable bonds is 11. The number of H-pyrrole nitrogens is 1. The molecule has 2 heterocycles. The number of aromatic amines is 1. The highest BCUT2D eigenvalue weighted by molar-refractivity contribution is 6.29. The second-order valence-corrected chi connectivity index (χ2v) is 16.2. The predicted octanol–water partition coefficient (Wildman–Crippen LogP) is 11.1. The first-order valence-corrected chi connectivity index (χ1v) is 18.1. The first-order valence-electron chi connectivity index (χ1n) is 17.7. The fourth-order valence-corrected chi connectivity index (χ4v) is 7.77. The Hall–Kier alpha value is -4.20. The van der Waals surface area contributed by atoms with Crippen LogP contribution in [0, 0.1) is 25.5 Å². The number of halogens is 9. The molecule has 0 saturated heterocycles. The number of methoxy groups -OCH3 is 1. The molecule has 304 valence electrons. The van der Waals surface area contributed by atoms with Crippen molar-refractivity contribution in [2.45, 2.75) is 101 Å². The Morgan fingerprint density at radius 3 is 1.80 bits per heavy atom. The number of pyridine rings is 1. The fourth-order valence-electron chi connectivity index (χ4n) is 7.57. The molecular formula is C42H47ClF8N4O. The second-order valence-electron chi connectivity index (χ2n) is 15.8. The lowest BCUT2D eigenvalue weighted by Gasteiger charge is -2.39. The number of ether oxygens (including phenoxy) is 1. The largest absolute Gasteiger partial charge is 0.496 e. The summed E-state index contributed by atoms with van der Waals surface area (Å²) in [5, 5.41) is 0.968. The molecule has 3 aromatic carbocycles. The normalized spacial score (nSPS) is 14.8. The van der Waals surface area contributed by atoms with Gasteiger partial charge < -0.3 is 21.2 Å². The minimum atomic E-state index is -4.69. The third-order valence-electron chi connectivity index (χ3n) is 10.3. The summed E-state index contributed by atoms with van der Waals surface area (Å²) >= 11 is 5.78. The Balaban J connectivity index is 0.000000249. The van der Waals surface area contributed by atoms with Gasteiger partial charge in [-0.05, 0) is 115 Å². The number of nitrogens with two attached hydrogens (primary N) is 2. The predicted molar refractivity (Wildman–Crippen MR) is 205 cm³/mol. The van der Waals surface area contributed by atoms with Gasteiger partial charge in [0.25, 0.3) is 0 Å². The lowest BCUT2D eigenvalue weighted by molar-refractivity contribution is -0.191. The monoisotopic (exact) mass is 810 g/mol. The molecule has 2 unspecified atom stereocenters. The maximum atomic E-state index is 14.2. The Bertz CT molecular complexity index is 2150. The highest BCUT2D eigenvalue weighted by Crippen LogP contribution is 2.45. The van der Waals surface area contributed by atoms with Crippen LogP contribution in [0.15, 0.2) is 79.0 Å². The number of benzene rings is 3. The van der Waals surface area contributed by atoms with Crippen LogP contribution in [0.2, 0.25) is 5.15 Å². The first kappa shape index (κ1) is 44.5. The average molecular weight is 811 g/mol. The van der Waals surface area contributed by atoms with Crippen molar-refractivity contribution >= 4 is 22.5 Å². The molecule has 14 heteroatoms. The standard InChI is InChI=1S/C23H26F4N2.C19H21ClF4N2O/c1-14-9-10-16(24)11-18(14)21(3,4)13-22(28,23(25,26)27)12-20-15(2)17-7-5-6-8-19(17)29-20;1-17(2,14-9-13(21)4-5-15(14)27-3)11-18(25,19(22,23)24)10-12-6-7-26-16(20)8-12/h5-11,29H,12-13,28H2,1-4H3;4-9H,10-11,25H2,1-3H3. The minimum absolute atomic E-state index is 0.0862. The van der Waals surface area contributed by atoms with Crippen molar-refractivity contribution in [2.75, 3.05) is 7.11 Å². The Kier molecular flexibility index (Phi) is 13.0. The Morgan fingerprint density at radius 1 is 0.714 bits per heavy atom. The summed E-state index contributed by atoms with van der Waals surface area (Å²) in [6, 6.07) is 18.1. The van der Waals surface area contributed by atoms with Gasteiger partial charge in [-0.3, -0.25) is 0 Å². The van der Waals surface area contributed by atoms with E-state index in [1.807, 2.05) is 24.3 Å². The number of hydrogen-bond donors (Lipinski definition) is 3. The van der Waals surface area contributed by atoms with Gasteiger partial charge >= 0.3 is 12.4 Å². The van der Waals surface area contributed by atoms with E-state index in [0.717, 1.165) is 22.0 Å². The molecule has 5 aromatic rings. The van der Waals surface area contributed by atoms with Crippen LogP contribution in [0.1, 0.15) is 74.0 Å². The maximum absolute atomic E-state index is 14.2. The lowest BCUT2D eigenvalue weighted by Crippen LogP contribution is -2.58. The molecule has 5 N–H and O–H groups in total. The average Bonchev–Trinajstić information content (AvgIpc) is 3.38. The summed E-state index contributed by atoms with van der Waals surface area (Å²) in [5.74, 6) is -0.730. The van der Waals surface area contributed by atoms with E-state index in [4.69, 9.17) is 27.8 Å². The zero-order chi connectivity index (χ0) is 42.1. The molecule has 0 aliphatic heterocycles. The van der Waals surface area contributed by atoms with E-state index in [-0.39, 0.29) is 18.0 Å². The van der Waals surface area contributed by atoms with E-state index < -0.39 is 58.7 Å². The third kappa shape index (κ3) is 10.0. The number of para-hydroxylation sites is 1. The van der Waals surface area contributed by atoms with Crippen molar-refractivity contribution in [3.8, 4) is 5.75 Å². The molecule has 0 aliphatic carbocycles. The summed E-state index contributed by atoms with van der Waals surface area (Å²) in [5.41, 5.74) is 8.76. The van der Waals surface area contributed by atoms with Crippen molar-refractivity contribution in [2.24, 2.45) is 11.5 Å². The molecule has 5 nitrogen and oxygen atoms in total. The van der Waals surface area contributed by atoms with Gasteiger partial charge in [0.2, 0.25) is 0 Å². The van der Waals surface area contributed by atoms with Crippen LogP contribution < -0.4 is 16.2 Å².